The monoisotopic (exact) mass is 406 g/mol. The zero-order valence-corrected chi connectivity index (χ0v) is 16.6. The lowest BCUT2D eigenvalue weighted by Crippen LogP contribution is -2.41. The molecule has 1 aromatic carbocycles. The first-order valence-electron chi connectivity index (χ1n) is 9.97. The van der Waals surface area contributed by atoms with Gasteiger partial charge in [0.1, 0.15) is 5.75 Å². The van der Waals surface area contributed by atoms with Gasteiger partial charge in [0, 0.05) is 24.7 Å². The zero-order chi connectivity index (χ0) is 20.8. The normalized spacial score (nSPS) is 20.2. The number of aromatic nitrogens is 2. The molecule has 156 valence electrons. The predicted octanol–water partition coefficient (Wildman–Crippen LogP) is 4.02. The highest BCUT2D eigenvalue weighted by molar-refractivity contribution is 5.72. The van der Waals surface area contributed by atoms with Gasteiger partial charge >= 0.3 is 6.18 Å². The largest absolute Gasteiger partial charge is 0.507 e. The standard InChI is InChI=1S/C21H25F3N4O/c1-13-9-15(21(22,23)24)11-18(29)19(13)17-10-14-5-3-8-28(20(14)26-25-17)12-16-6-4-7-27(16)2/h9-11,16,29H,3-8,12H2,1-2H3/t16-/m0/s1. The second-order valence-electron chi connectivity index (χ2n) is 8.09. The first-order valence-corrected chi connectivity index (χ1v) is 9.97. The van der Waals surface area contributed by atoms with Crippen molar-refractivity contribution in [3.63, 3.8) is 0 Å². The number of halogens is 3. The number of hydrogen-bond donors (Lipinski definition) is 1. The average molecular weight is 406 g/mol. The summed E-state index contributed by atoms with van der Waals surface area (Å²) in [6, 6.07) is 4.16. The lowest BCUT2D eigenvalue weighted by molar-refractivity contribution is -0.137. The Morgan fingerprint density at radius 2 is 1.93 bits per heavy atom. The smallest absolute Gasteiger partial charge is 0.416 e. The van der Waals surface area contributed by atoms with Crippen molar-refractivity contribution in [2.75, 3.05) is 31.6 Å². The van der Waals surface area contributed by atoms with E-state index >= 15 is 0 Å². The van der Waals surface area contributed by atoms with E-state index in [0.717, 1.165) is 56.0 Å². The van der Waals surface area contributed by atoms with Gasteiger partial charge in [-0.2, -0.15) is 13.2 Å². The van der Waals surface area contributed by atoms with Gasteiger partial charge in [-0.1, -0.05) is 0 Å². The summed E-state index contributed by atoms with van der Waals surface area (Å²) >= 11 is 0. The number of aryl methyl sites for hydroxylation is 2. The summed E-state index contributed by atoms with van der Waals surface area (Å²) in [5.41, 5.74) is 1.20. The van der Waals surface area contributed by atoms with Crippen LogP contribution in [0.25, 0.3) is 11.3 Å². The summed E-state index contributed by atoms with van der Waals surface area (Å²) in [7, 11) is 2.15. The maximum atomic E-state index is 13.0. The highest BCUT2D eigenvalue weighted by Gasteiger charge is 2.32. The molecule has 2 aliphatic heterocycles. The summed E-state index contributed by atoms with van der Waals surface area (Å²) in [4.78, 5) is 4.64. The van der Waals surface area contributed by atoms with Crippen LogP contribution in [0.4, 0.5) is 19.0 Å². The van der Waals surface area contributed by atoms with E-state index in [1.54, 1.807) is 6.92 Å². The molecule has 2 aromatic rings. The Hall–Kier alpha value is -2.35. The van der Waals surface area contributed by atoms with E-state index < -0.39 is 17.5 Å². The number of fused-ring (bicyclic) bond motifs is 1. The highest BCUT2D eigenvalue weighted by Crippen LogP contribution is 2.39. The van der Waals surface area contributed by atoms with Crippen LogP contribution in [0.3, 0.4) is 0 Å². The number of aromatic hydroxyl groups is 1. The van der Waals surface area contributed by atoms with Crippen LogP contribution >= 0.6 is 0 Å². The number of benzene rings is 1. The van der Waals surface area contributed by atoms with Crippen molar-refractivity contribution in [2.45, 2.75) is 44.8 Å². The van der Waals surface area contributed by atoms with Crippen molar-refractivity contribution in [1.29, 1.82) is 0 Å². The Kier molecular flexibility index (Phi) is 5.14. The number of likely N-dealkylation sites (N-methyl/N-ethyl adjacent to an activating group) is 1. The maximum Gasteiger partial charge on any atom is 0.416 e. The van der Waals surface area contributed by atoms with Gasteiger partial charge in [-0.25, -0.2) is 0 Å². The average Bonchev–Trinajstić information content (AvgIpc) is 3.05. The van der Waals surface area contributed by atoms with Crippen LogP contribution in [0.1, 0.15) is 36.0 Å². The number of phenols is 1. The topological polar surface area (TPSA) is 52.5 Å². The molecule has 1 saturated heterocycles. The second kappa shape index (κ2) is 7.48. The Labute approximate surface area is 168 Å². The molecule has 0 aliphatic carbocycles. The number of rotatable bonds is 3. The van der Waals surface area contributed by atoms with Crippen molar-refractivity contribution < 1.29 is 18.3 Å². The van der Waals surface area contributed by atoms with Crippen molar-refractivity contribution in [3.05, 3.63) is 34.9 Å². The minimum atomic E-state index is -4.50. The fourth-order valence-corrected chi connectivity index (χ4v) is 4.47. The van der Waals surface area contributed by atoms with Crippen LogP contribution in [0.2, 0.25) is 0 Å². The van der Waals surface area contributed by atoms with Crippen LogP contribution in [0.5, 0.6) is 5.75 Å². The number of alkyl halides is 3. The quantitative estimate of drug-likeness (QED) is 0.834. The van der Waals surface area contributed by atoms with E-state index in [2.05, 4.69) is 27.0 Å². The minimum absolute atomic E-state index is 0.306. The van der Waals surface area contributed by atoms with Gasteiger partial charge in [-0.3, -0.25) is 0 Å². The molecule has 3 heterocycles. The molecule has 29 heavy (non-hydrogen) atoms. The Balaban J connectivity index is 1.65. The van der Waals surface area contributed by atoms with Gasteiger partial charge in [-0.05, 0) is 75.5 Å². The van der Waals surface area contributed by atoms with E-state index in [4.69, 9.17) is 0 Å². The van der Waals surface area contributed by atoms with Gasteiger partial charge in [0.15, 0.2) is 5.82 Å². The number of hydrogen-bond acceptors (Lipinski definition) is 5. The van der Waals surface area contributed by atoms with Gasteiger partial charge in [0.2, 0.25) is 0 Å². The molecule has 1 N–H and O–H groups in total. The molecule has 1 aromatic heterocycles. The molecular weight excluding hydrogens is 381 g/mol. The van der Waals surface area contributed by atoms with Gasteiger partial charge in [0.05, 0.1) is 11.3 Å². The highest BCUT2D eigenvalue weighted by atomic mass is 19.4. The molecule has 0 amide bonds. The number of phenolic OH excluding ortho intramolecular Hbond substituents is 1. The number of nitrogens with zero attached hydrogens (tertiary/aromatic N) is 4. The third-order valence-corrected chi connectivity index (χ3v) is 6.03. The van der Waals surface area contributed by atoms with Gasteiger partial charge in [-0.15, -0.1) is 10.2 Å². The summed E-state index contributed by atoms with van der Waals surface area (Å²) in [6.45, 7) is 4.49. The molecule has 8 heteroatoms. The Morgan fingerprint density at radius 3 is 2.59 bits per heavy atom. The molecule has 2 aliphatic rings. The number of anilines is 1. The Bertz CT molecular complexity index is 892. The summed E-state index contributed by atoms with van der Waals surface area (Å²) in [6.07, 6.45) is -0.288. The van der Waals surface area contributed by atoms with E-state index in [1.807, 2.05) is 6.07 Å². The lowest BCUT2D eigenvalue weighted by atomic mass is 9.98. The van der Waals surface area contributed by atoms with Crippen molar-refractivity contribution in [3.8, 4) is 17.0 Å². The first kappa shape index (κ1) is 19.9. The predicted molar refractivity (Wildman–Crippen MR) is 105 cm³/mol. The van der Waals surface area contributed by atoms with Crippen molar-refractivity contribution in [1.82, 2.24) is 15.1 Å². The van der Waals surface area contributed by atoms with Crippen LogP contribution in [0, 0.1) is 6.92 Å². The molecule has 0 saturated carbocycles. The van der Waals surface area contributed by atoms with E-state index in [9.17, 15) is 18.3 Å². The fourth-order valence-electron chi connectivity index (χ4n) is 4.47. The minimum Gasteiger partial charge on any atom is -0.507 e. The SMILES string of the molecule is Cc1cc(C(F)(F)F)cc(O)c1-c1cc2c(nn1)N(C[C@@H]1CCCN1C)CCC2. The molecule has 0 spiro atoms. The third-order valence-electron chi connectivity index (χ3n) is 6.03. The third kappa shape index (κ3) is 3.90. The molecule has 0 bridgehead atoms. The van der Waals surface area contributed by atoms with Crippen molar-refractivity contribution in [2.24, 2.45) is 0 Å². The van der Waals surface area contributed by atoms with E-state index in [1.165, 1.54) is 12.8 Å². The molecule has 0 unspecified atom stereocenters. The van der Waals surface area contributed by atoms with Crippen LogP contribution in [-0.2, 0) is 12.6 Å². The molecule has 1 fully saturated rings. The van der Waals surface area contributed by atoms with Gasteiger partial charge < -0.3 is 14.9 Å². The molecule has 1 atom stereocenters. The molecule has 5 nitrogen and oxygen atoms in total. The molecule has 4 rings (SSSR count). The van der Waals surface area contributed by atoms with E-state index in [0.29, 0.717) is 22.9 Å². The Morgan fingerprint density at radius 1 is 1.14 bits per heavy atom. The first-order chi connectivity index (χ1) is 13.7. The number of likely N-dealkylation sites (tertiary alicyclic amines) is 1. The van der Waals surface area contributed by atoms with E-state index in [-0.39, 0.29) is 0 Å². The maximum absolute atomic E-state index is 13.0. The van der Waals surface area contributed by atoms with Crippen LogP contribution < -0.4 is 4.90 Å². The van der Waals surface area contributed by atoms with Crippen LogP contribution in [-0.4, -0.2) is 52.9 Å². The fraction of sp³-hybridized carbons (Fsp3) is 0.524. The van der Waals surface area contributed by atoms with Gasteiger partial charge in [0.25, 0.3) is 0 Å². The zero-order valence-electron chi connectivity index (χ0n) is 16.6. The van der Waals surface area contributed by atoms with Crippen LogP contribution in [0.15, 0.2) is 18.2 Å². The van der Waals surface area contributed by atoms with Crippen molar-refractivity contribution >= 4 is 5.82 Å². The summed E-state index contributed by atoms with van der Waals surface area (Å²) < 4.78 is 39.0. The molecular formula is C21H25F3N4O. The lowest BCUT2D eigenvalue weighted by Gasteiger charge is -2.33. The summed E-state index contributed by atoms with van der Waals surface area (Å²) in [5, 5.41) is 19.0. The second-order valence-corrected chi connectivity index (χ2v) is 8.09. The molecule has 0 radical (unpaired) electrons. The summed E-state index contributed by atoms with van der Waals surface area (Å²) in [5.74, 6) is 0.427.